The summed E-state index contributed by atoms with van der Waals surface area (Å²) in [6.07, 6.45) is 2.02. The fraction of sp³-hybridized carbons (Fsp3) is 0.357. The highest BCUT2D eigenvalue weighted by Crippen LogP contribution is 2.29. The molecule has 2 heterocycles. The number of fused-ring (bicyclic) bond motifs is 1. The third kappa shape index (κ3) is 2.79. The van der Waals surface area contributed by atoms with Gasteiger partial charge in [-0.3, -0.25) is 4.68 Å². The van der Waals surface area contributed by atoms with E-state index in [1.807, 2.05) is 12.1 Å². The van der Waals surface area contributed by atoms with E-state index < -0.39 is 10.0 Å². The van der Waals surface area contributed by atoms with Crippen LogP contribution in [-0.4, -0.2) is 38.0 Å². The molecule has 1 atom stereocenters. The van der Waals surface area contributed by atoms with Gasteiger partial charge in [0.15, 0.2) is 5.03 Å². The van der Waals surface area contributed by atoms with Crippen LogP contribution in [0.1, 0.15) is 5.56 Å². The van der Waals surface area contributed by atoms with E-state index in [0.717, 1.165) is 11.3 Å². The van der Waals surface area contributed by atoms with Crippen molar-refractivity contribution in [1.82, 2.24) is 14.5 Å². The maximum Gasteiger partial charge on any atom is 0.258 e. The molecule has 1 unspecified atom stereocenters. The molecule has 1 aromatic heterocycles. The first kappa shape index (κ1) is 14.9. The lowest BCUT2D eigenvalue weighted by atomic mass is 10.0. The van der Waals surface area contributed by atoms with Crippen LogP contribution in [0.4, 0.5) is 0 Å². The van der Waals surface area contributed by atoms with Gasteiger partial charge in [-0.2, -0.15) is 5.10 Å². The molecule has 1 aliphatic rings. The lowest BCUT2D eigenvalue weighted by molar-refractivity contribution is 0.252. The quantitative estimate of drug-likeness (QED) is 0.896. The van der Waals surface area contributed by atoms with E-state index in [0.29, 0.717) is 12.2 Å². The van der Waals surface area contributed by atoms with Gasteiger partial charge in [-0.15, -0.1) is 0 Å². The second kappa shape index (κ2) is 5.62. The minimum atomic E-state index is -3.62. The summed E-state index contributed by atoms with van der Waals surface area (Å²) in [5.74, 6) is 1.45. The molecule has 0 saturated heterocycles. The molecule has 2 aromatic rings. The van der Waals surface area contributed by atoms with Crippen molar-refractivity contribution in [3.05, 3.63) is 36.0 Å². The third-order valence-corrected chi connectivity index (χ3v) is 5.15. The smallest absolute Gasteiger partial charge is 0.258 e. The topological polar surface area (TPSA) is 82.4 Å². The molecule has 1 aliphatic heterocycles. The van der Waals surface area contributed by atoms with Crippen molar-refractivity contribution in [1.29, 1.82) is 0 Å². The SMILES string of the molecule is COc1ccc2c(c1)OCC(NS(=O)(=O)c1ccnn1C)C2. The first-order chi connectivity index (χ1) is 10.5. The van der Waals surface area contributed by atoms with Crippen molar-refractivity contribution in [2.24, 2.45) is 7.05 Å². The average Bonchev–Trinajstić information content (AvgIpc) is 2.93. The fourth-order valence-electron chi connectivity index (χ4n) is 2.46. The maximum absolute atomic E-state index is 12.3. The van der Waals surface area contributed by atoms with E-state index in [9.17, 15) is 8.42 Å². The largest absolute Gasteiger partial charge is 0.497 e. The van der Waals surface area contributed by atoms with Crippen LogP contribution in [0.25, 0.3) is 0 Å². The Labute approximate surface area is 128 Å². The van der Waals surface area contributed by atoms with Crippen molar-refractivity contribution < 1.29 is 17.9 Å². The van der Waals surface area contributed by atoms with Gasteiger partial charge in [0.05, 0.1) is 19.3 Å². The van der Waals surface area contributed by atoms with Gasteiger partial charge in [-0.05, 0) is 24.1 Å². The Morgan fingerprint density at radius 3 is 2.91 bits per heavy atom. The molecule has 1 aromatic carbocycles. The number of nitrogens with one attached hydrogen (secondary N) is 1. The monoisotopic (exact) mass is 323 g/mol. The summed E-state index contributed by atoms with van der Waals surface area (Å²) in [5, 5.41) is 4.02. The van der Waals surface area contributed by atoms with Crippen LogP contribution in [0.15, 0.2) is 35.5 Å². The number of nitrogens with zero attached hydrogens (tertiary/aromatic N) is 2. The number of hydrogen-bond acceptors (Lipinski definition) is 5. The Kier molecular flexibility index (Phi) is 3.79. The van der Waals surface area contributed by atoms with Crippen LogP contribution in [-0.2, 0) is 23.5 Å². The van der Waals surface area contributed by atoms with E-state index in [1.165, 1.54) is 16.9 Å². The molecule has 0 amide bonds. The van der Waals surface area contributed by atoms with Crippen molar-refractivity contribution in [2.45, 2.75) is 17.5 Å². The molecule has 0 fully saturated rings. The Morgan fingerprint density at radius 1 is 1.41 bits per heavy atom. The second-order valence-electron chi connectivity index (χ2n) is 5.10. The zero-order valence-electron chi connectivity index (χ0n) is 12.3. The van der Waals surface area contributed by atoms with Crippen LogP contribution in [0, 0.1) is 0 Å². The van der Waals surface area contributed by atoms with Crippen molar-refractivity contribution in [3.63, 3.8) is 0 Å². The summed E-state index contributed by atoms with van der Waals surface area (Å²) < 4.78 is 39.5. The van der Waals surface area contributed by atoms with E-state index in [1.54, 1.807) is 20.2 Å². The molecule has 0 saturated carbocycles. The van der Waals surface area contributed by atoms with Crippen molar-refractivity contribution in [3.8, 4) is 11.5 Å². The molecule has 8 heteroatoms. The molecule has 3 rings (SSSR count). The summed E-state index contributed by atoms with van der Waals surface area (Å²) in [7, 11) is -0.433. The number of benzene rings is 1. The predicted octanol–water partition coefficient (Wildman–Crippen LogP) is 0.711. The van der Waals surface area contributed by atoms with Gasteiger partial charge in [0.25, 0.3) is 10.0 Å². The number of aryl methyl sites for hydroxylation is 1. The van der Waals surface area contributed by atoms with Crippen LogP contribution in [0.5, 0.6) is 11.5 Å². The lowest BCUT2D eigenvalue weighted by Gasteiger charge is -2.26. The molecule has 7 nitrogen and oxygen atoms in total. The van der Waals surface area contributed by atoms with Gasteiger partial charge in [-0.25, -0.2) is 13.1 Å². The van der Waals surface area contributed by atoms with Crippen LogP contribution in [0.3, 0.4) is 0 Å². The molecule has 118 valence electrons. The highest BCUT2D eigenvalue weighted by molar-refractivity contribution is 7.89. The van der Waals surface area contributed by atoms with Gasteiger partial charge < -0.3 is 9.47 Å². The molecular weight excluding hydrogens is 306 g/mol. The Morgan fingerprint density at radius 2 is 2.23 bits per heavy atom. The number of sulfonamides is 1. The van der Waals surface area contributed by atoms with Gasteiger partial charge in [0.1, 0.15) is 18.1 Å². The first-order valence-electron chi connectivity index (χ1n) is 6.79. The molecular formula is C14H17N3O4S. The van der Waals surface area contributed by atoms with Gasteiger partial charge in [-0.1, -0.05) is 6.07 Å². The summed E-state index contributed by atoms with van der Waals surface area (Å²) in [5.41, 5.74) is 0.949. The molecule has 1 N–H and O–H groups in total. The van der Waals surface area contributed by atoms with E-state index in [-0.39, 0.29) is 17.7 Å². The highest BCUT2D eigenvalue weighted by Gasteiger charge is 2.27. The number of methoxy groups -OCH3 is 1. The summed E-state index contributed by atoms with van der Waals surface area (Å²) in [6.45, 7) is 0.275. The van der Waals surface area contributed by atoms with Crippen molar-refractivity contribution in [2.75, 3.05) is 13.7 Å². The Bertz CT molecular complexity index is 785. The minimum Gasteiger partial charge on any atom is -0.497 e. The first-order valence-corrected chi connectivity index (χ1v) is 8.28. The number of rotatable bonds is 4. The zero-order chi connectivity index (χ0) is 15.7. The van der Waals surface area contributed by atoms with Gasteiger partial charge in [0, 0.05) is 13.1 Å². The highest BCUT2D eigenvalue weighted by atomic mass is 32.2. The average molecular weight is 323 g/mol. The number of hydrogen-bond donors (Lipinski definition) is 1. The second-order valence-corrected chi connectivity index (χ2v) is 6.76. The summed E-state index contributed by atoms with van der Waals surface area (Å²) >= 11 is 0. The number of aromatic nitrogens is 2. The van der Waals surface area contributed by atoms with Gasteiger partial charge in [0.2, 0.25) is 0 Å². The lowest BCUT2D eigenvalue weighted by Crippen LogP contribution is -2.43. The Hall–Kier alpha value is -2.06. The normalized spacial score (nSPS) is 17.6. The van der Waals surface area contributed by atoms with E-state index >= 15 is 0 Å². The van der Waals surface area contributed by atoms with Crippen LogP contribution >= 0.6 is 0 Å². The molecule has 22 heavy (non-hydrogen) atoms. The van der Waals surface area contributed by atoms with E-state index in [4.69, 9.17) is 9.47 Å². The standard InChI is InChI=1S/C14H17N3O4S/c1-17-14(5-6-15-17)22(18,19)16-11-7-10-3-4-12(20-2)8-13(10)21-9-11/h3-6,8,11,16H,7,9H2,1-2H3. The summed E-state index contributed by atoms with van der Waals surface area (Å²) in [4.78, 5) is 0. The molecule has 0 aliphatic carbocycles. The van der Waals surface area contributed by atoms with Crippen LogP contribution in [0.2, 0.25) is 0 Å². The fourth-order valence-corrected chi connectivity index (χ4v) is 3.81. The molecule has 0 spiro atoms. The third-order valence-electron chi connectivity index (χ3n) is 3.55. The van der Waals surface area contributed by atoms with Gasteiger partial charge >= 0.3 is 0 Å². The zero-order valence-corrected chi connectivity index (χ0v) is 13.1. The predicted molar refractivity (Wildman–Crippen MR) is 79.5 cm³/mol. The summed E-state index contributed by atoms with van der Waals surface area (Å²) in [6, 6.07) is 6.67. The molecule has 0 bridgehead atoms. The minimum absolute atomic E-state index is 0.132. The van der Waals surface area contributed by atoms with Crippen LogP contribution < -0.4 is 14.2 Å². The maximum atomic E-state index is 12.3. The number of ether oxygens (including phenoxy) is 2. The van der Waals surface area contributed by atoms with Crippen molar-refractivity contribution >= 4 is 10.0 Å². The van der Waals surface area contributed by atoms with E-state index in [2.05, 4.69) is 9.82 Å². The molecule has 0 radical (unpaired) electrons. The Balaban J connectivity index is 1.77.